The van der Waals surface area contributed by atoms with Crippen LogP contribution in [0.2, 0.25) is 0 Å². The quantitative estimate of drug-likeness (QED) is 0.621. The van der Waals surface area contributed by atoms with Crippen LogP contribution >= 0.6 is 0 Å². The zero-order valence-electron chi connectivity index (χ0n) is 12.7. The Morgan fingerprint density at radius 2 is 1.60 bits per heavy atom. The van der Waals surface area contributed by atoms with Crippen molar-refractivity contribution in [3.63, 3.8) is 0 Å². The van der Waals surface area contributed by atoms with Gasteiger partial charge in [-0.25, -0.2) is 0 Å². The van der Waals surface area contributed by atoms with Gasteiger partial charge in [-0.2, -0.15) is 0 Å². The van der Waals surface area contributed by atoms with Crippen molar-refractivity contribution in [1.82, 2.24) is 0 Å². The van der Waals surface area contributed by atoms with E-state index in [2.05, 4.69) is 0 Å². The molecule has 0 aromatic heterocycles. The highest BCUT2D eigenvalue weighted by molar-refractivity contribution is 6.05. The first-order valence-corrected chi connectivity index (χ1v) is 7.10. The number of nitrogens with zero attached hydrogens (tertiary/aromatic N) is 1. The molecule has 1 aliphatic carbocycles. The van der Waals surface area contributed by atoms with Gasteiger partial charge in [0.05, 0.1) is 5.92 Å². The number of benzene rings is 1. The van der Waals surface area contributed by atoms with E-state index < -0.39 is 12.0 Å². The summed E-state index contributed by atoms with van der Waals surface area (Å²) in [6.07, 6.45) is 1.36. The molecule has 0 spiro atoms. The molecule has 2 rings (SSSR count). The van der Waals surface area contributed by atoms with Crippen molar-refractivity contribution < 1.29 is 9.72 Å². The number of carbonyl (C=O) groups excluding carboxylic acids is 1. The van der Waals surface area contributed by atoms with E-state index in [9.17, 15) is 14.9 Å². The van der Waals surface area contributed by atoms with Crippen molar-refractivity contribution in [3.05, 3.63) is 43.5 Å². The van der Waals surface area contributed by atoms with Crippen molar-refractivity contribution in [1.29, 1.82) is 0 Å². The minimum absolute atomic E-state index is 0.0350. The summed E-state index contributed by atoms with van der Waals surface area (Å²) in [5, 5.41) is 11.5. The second-order valence-corrected chi connectivity index (χ2v) is 5.78. The van der Waals surface area contributed by atoms with Crippen molar-refractivity contribution in [2.45, 2.75) is 53.5 Å². The monoisotopic (exact) mass is 275 g/mol. The highest BCUT2D eigenvalue weighted by Crippen LogP contribution is 2.45. The van der Waals surface area contributed by atoms with Gasteiger partial charge in [-0.15, -0.1) is 0 Å². The molecule has 108 valence electrons. The lowest BCUT2D eigenvalue weighted by Gasteiger charge is -2.16. The average molecular weight is 275 g/mol. The van der Waals surface area contributed by atoms with Crippen LogP contribution < -0.4 is 0 Å². The highest BCUT2D eigenvalue weighted by atomic mass is 16.6. The highest BCUT2D eigenvalue weighted by Gasteiger charge is 2.49. The first-order chi connectivity index (χ1) is 9.32. The van der Waals surface area contributed by atoms with Gasteiger partial charge in [-0.1, -0.05) is 13.3 Å². The van der Waals surface area contributed by atoms with E-state index in [4.69, 9.17) is 0 Å². The Kier molecular flexibility index (Phi) is 3.67. The maximum absolute atomic E-state index is 12.6. The van der Waals surface area contributed by atoms with E-state index in [-0.39, 0.29) is 10.7 Å². The van der Waals surface area contributed by atoms with Crippen molar-refractivity contribution in [2.24, 2.45) is 5.92 Å². The van der Waals surface area contributed by atoms with Gasteiger partial charge in [0, 0.05) is 16.1 Å². The number of nitro groups is 1. The third kappa shape index (κ3) is 1.86. The third-order valence-corrected chi connectivity index (χ3v) is 4.82. The minimum atomic E-state index is -0.865. The summed E-state index contributed by atoms with van der Waals surface area (Å²) >= 11 is 0. The first kappa shape index (κ1) is 14.7. The maximum atomic E-state index is 12.6. The maximum Gasteiger partial charge on any atom is 0.249 e. The third-order valence-electron chi connectivity index (χ3n) is 4.82. The summed E-state index contributed by atoms with van der Waals surface area (Å²) in [5.74, 6) is -0.532. The molecule has 20 heavy (non-hydrogen) atoms. The van der Waals surface area contributed by atoms with E-state index in [0.717, 1.165) is 28.7 Å². The summed E-state index contributed by atoms with van der Waals surface area (Å²) in [4.78, 5) is 23.9. The molecular weight excluding hydrogens is 254 g/mol. The summed E-state index contributed by atoms with van der Waals surface area (Å²) in [6.45, 7) is 9.73. The zero-order chi connectivity index (χ0) is 15.2. The molecule has 1 aliphatic rings. The van der Waals surface area contributed by atoms with Gasteiger partial charge < -0.3 is 0 Å². The standard InChI is InChI=1S/C16H21NO3/c1-6-7-12-15(17(19)20)13-10(4)8(2)9(3)11(5)14(13)16(12)18/h12,15H,6-7H2,1-5H3/t12-,15-/m1/s1. The van der Waals surface area contributed by atoms with E-state index in [1.807, 2.05) is 34.6 Å². The van der Waals surface area contributed by atoms with Crippen molar-refractivity contribution >= 4 is 5.78 Å². The lowest BCUT2D eigenvalue weighted by molar-refractivity contribution is -0.534. The smallest absolute Gasteiger partial charge is 0.249 e. The van der Waals surface area contributed by atoms with Crippen LogP contribution in [-0.4, -0.2) is 10.7 Å². The number of fused-ring (bicyclic) bond motifs is 1. The zero-order valence-corrected chi connectivity index (χ0v) is 12.7. The topological polar surface area (TPSA) is 60.2 Å². The number of carbonyl (C=O) groups is 1. The first-order valence-electron chi connectivity index (χ1n) is 7.10. The second kappa shape index (κ2) is 5.00. The van der Waals surface area contributed by atoms with Gasteiger partial charge in [0.15, 0.2) is 5.78 Å². The van der Waals surface area contributed by atoms with E-state index >= 15 is 0 Å². The Bertz CT molecular complexity index is 604. The Morgan fingerprint density at radius 3 is 2.10 bits per heavy atom. The molecule has 0 saturated carbocycles. The van der Waals surface area contributed by atoms with Crippen LogP contribution in [0.25, 0.3) is 0 Å². The van der Waals surface area contributed by atoms with Crippen LogP contribution in [0.15, 0.2) is 0 Å². The lowest BCUT2D eigenvalue weighted by Crippen LogP contribution is -2.20. The molecule has 0 radical (unpaired) electrons. The number of hydrogen-bond donors (Lipinski definition) is 0. The molecule has 0 heterocycles. The van der Waals surface area contributed by atoms with Crippen LogP contribution in [0.5, 0.6) is 0 Å². The molecule has 0 unspecified atom stereocenters. The fraction of sp³-hybridized carbons (Fsp3) is 0.562. The molecule has 4 nitrogen and oxygen atoms in total. The van der Waals surface area contributed by atoms with Crippen LogP contribution in [-0.2, 0) is 0 Å². The van der Waals surface area contributed by atoms with Gasteiger partial charge in [0.1, 0.15) is 0 Å². The van der Waals surface area contributed by atoms with Crippen molar-refractivity contribution in [2.75, 3.05) is 0 Å². The Balaban J connectivity index is 2.77. The van der Waals surface area contributed by atoms with Crippen LogP contribution in [0.4, 0.5) is 0 Å². The van der Waals surface area contributed by atoms with Crippen LogP contribution in [0.1, 0.15) is 64.0 Å². The summed E-state index contributed by atoms with van der Waals surface area (Å²) < 4.78 is 0. The molecule has 1 aromatic rings. The number of ketones is 1. The Hall–Kier alpha value is -1.71. The van der Waals surface area contributed by atoms with Gasteiger partial charge in [-0.05, 0) is 56.4 Å². The largest absolute Gasteiger partial charge is 0.294 e. The fourth-order valence-corrected chi connectivity index (χ4v) is 3.41. The molecule has 0 amide bonds. The molecule has 0 saturated heterocycles. The fourth-order valence-electron chi connectivity index (χ4n) is 3.41. The molecule has 0 aliphatic heterocycles. The molecule has 0 N–H and O–H groups in total. The van der Waals surface area contributed by atoms with Gasteiger partial charge in [0.25, 0.3) is 0 Å². The normalized spacial score (nSPS) is 21.1. The van der Waals surface area contributed by atoms with E-state index in [1.54, 1.807) is 0 Å². The van der Waals surface area contributed by atoms with Crippen LogP contribution in [0, 0.1) is 43.7 Å². The van der Waals surface area contributed by atoms with Gasteiger partial charge >= 0.3 is 0 Å². The van der Waals surface area contributed by atoms with Gasteiger partial charge in [-0.3, -0.25) is 14.9 Å². The summed E-state index contributed by atoms with van der Waals surface area (Å²) in [6, 6.07) is -0.865. The van der Waals surface area contributed by atoms with Crippen LogP contribution in [0.3, 0.4) is 0 Å². The molecule has 0 bridgehead atoms. The number of Topliss-reactive ketones (excluding diaryl/α,β-unsaturated/α-hetero) is 1. The number of rotatable bonds is 3. The summed E-state index contributed by atoms with van der Waals surface area (Å²) in [7, 11) is 0. The predicted molar refractivity (Wildman–Crippen MR) is 77.9 cm³/mol. The second-order valence-electron chi connectivity index (χ2n) is 5.78. The number of hydrogen-bond acceptors (Lipinski definition) is 3. The molecular formula is C16H21NO3. The molecule has 4 heteroatoms. The predicted octanol–water partition coefficient (Wildman–Crippen LogP) is 3.85. The molecule has 0 fully saturated rings. The average Bonchev–Trinajstić information content (AvgIpc) is 2.68. The Morgan fingerprint density at radius 1 is 1.05 bits per heavy atom. The van der Waals surface area contributed by atoms with E-state index in [1.165, 1.54) is 0 Å². The minimum Gasteiger partial charge on any atom is -0.294 e. The van der Waals surface area contributed by atoms with E-state index in [0.29, 0.717) is 17.5 Å². The SMILES string of the molecule is CCC[C@H]1C(=O)c2c(C)c(C)c(C)c(C)c2[C@@H]1[N+](=O)[O-]. The molecule has 1 aromatic carbocycles. The summed E-state index contributed by atoms with van der Waals surface area (Å²) in [5.41, 5.74) is 5.26. The van der Waals surface area contributed by atoms with Crippen molar-refractivity contribution in [3.8, 4) is 0 Å². The molecule has 2 atom stereocenters. The Labute approximate surface area is 119 Å². The lowest BCUT2D eigenvalue weighted by atomic mass is 9.89. The van der Waals surface area contributed by atoms with Gasteiger partial charge in [0.2, 0.25) is 6.04 Å².